The van der Waals surface area contributed by atoms with Crippen molar-refractivity contribution < 1.29 is 9.90 Å². The fourth-order valence-electron chi connectivity index (χ4n) is 1.95. The molecule has 0 fully saturated rings. The van der Waals surface area contributed by atoms with Crippen LogP contribution in [-0.4, -0.2) is 11.0 Å². The van der Waals surface area contributed by atoms with Crippen molar-refractivity contribution in [1.29, 1.82) is 0 Å². The van der Waals surface area contributed by atoms with Crippen LogP contribution < -0.4 is 10.6 Å². The Hall–Kier alpha value is -2.20. The molecule has 0 aromatic heterocycles. The molecule has 0 aliphatic heterocycles. The third kappa shape index (κ3) is 4.13. The molecule has 0 aliphatic carbocycles. The third-order valence-corrected chi connectivity index (χ3v) is 3.31. The Morgan fingerprint density at radius 1 is 1.24 bits per heavy atom. The minimum Gasteiger partial charge on any atom is -0.508 e. The largest absolute Gasteiger partial charge is 0.508 e. The van der Waals surface area contributed by atoms with E-state index >= 15 is 0 Å². The van der Waals surface area contributed by atoms with Gasteiger partial charge in [-0.2, -0.15) is 0 Å². The van der Waals surface area contributed by atoms with Crippen molar-refractivity contribution in [3.05, 3.63) is 52.5 Å². The molecule has 5 heteroatoms. The number of carbonyl (C=O) groups excluding carboxylic acids is 1. The van der Waals surface area contributed by atoms with Crippen LogP contribution in [0.15, 0.2) is 36.4 Å². The number of nitrogens with one attached hydrogen (secondary N) is 2. The maximum atomic E-state index is 11.2. The second kappa shape index (κ2) is 6.50. The minimum absolute atomic E-state index is 0.109. The van der Waals surface area contributed by atoms with E-state index in [1.807, 2.05) is 25.1 Å². The summed E-state index contributed by atoms with van der Waals surface area (Å²) in [6, 6.07) is 10.6. The van der Waals surface area contributed by atoms with Gasteiger partial charge in [0, 0.05) is 35.4 Å². The van der Waals surface area contributed by atoms with Gasteiger partial charge in [-0.15, -0.1) is 0 Å². The SMILES string of the molecule is CC(=O)Nc1cc(NCc2cc(Cl)ccc2O)ccc1C. The summed E-state index contributed by atoms with van der Waals surface area (Å²) < 4.78 is 0. The van der Waals surface area contributed by atoms with E-state index in [1.54, 1.807) is 18.2 Å². The summed E-state index contributed by atoms with van der Waals surface area (Å²) in [6.07, 6.45) is 0. The predicted octanol–water partition coefficient (Wildman–Crippen LogP) is 3.92. The van der Waals surface area contributed by atoms with Crippen molar-refractivity contribution in [3.63, 3.8) is 0 Å². The van der Waals surface area contributed by atoms with Gasteiger partial charge in [-0.25, -0.2) is 0 Å². The topological polar surface area (TPSA) is 61.4 Å². The van der Waals surface area contributed by atoms with Gasteiger partial charge < -0.3 is 15.7 Å². The molecule has 0 spiro atoms. The highest BCUT2D eigenvalue weighted by Gasteiger charge is 2.05. The van der Waals surface area contributed by atoms with Crippen LogP contribution in [0, 0.1) is 6.92 Å². The first-order valence-corrected chi connectivity index (χ1v) is 6.93. The van der Waals surface area contributed by atoms with Gasteiger partial charge in [0.1, 0.15) is 5.75 Å². The molecule has 0 bridgehead atoms. The van der Waals surface area contributed by atoms with E-state index in [2.05, 4.69) is 10.6 Å². The molecule has 2 rings (SSSR count). The highest BCUT2D eigenvalue weighted by Crippen LogP contribution is 2.24. The van der Waals surface area contributed by atoms with Crippen LogP contribution in [0.25, 0.3) is 0 Å². The Morgan fingerprint density at radius 3 is 2.71 bits per heavy atom. The van der Waals surface area contributed by atoms with Gasteiger partial charge >= 0.3 is 0 Å². The summed E-state index contributed by atoms with van der Waals surface area (Å²) in [4.78, 5) is 11.2. The van der Waals surface area contributed by atoms with E-state index in [9.17, 15) is 9.90 Å². The van der Waals surface area contributed by atoms with E-state index in [4.69, 9.17) is 11.6 Å². The van der Waals surface area contributed by atoms with Crippen LogP contribution in [0.5, 0.6) is 5.75 Å². The smallest absolute Gasteiger partial charge is 0.221 e. The lowest BCUT2D eigenvalue weighted by atomic mass is 10.1. The highest BCUT2D eigenvalue weighted by molar-refractivity contribution is 6.30. The van der Waals surface area contributed by atoms with Crippen LogP contribution in [0.4, 0.5) is 11.4 Å². The molecule has 0 aliphatic rings. The zero-order valence-corrected chi connectivity index (χ0v) is 12.7. The summed E-state index contributed by atoms with van der Waals surface area (Å²) >= 11 is 5.92. The highest BCUT2D eigenvalue weighted by atomic mass is 35.5. The first-order valence-electron chi connectivity index (χ1n) is 6.55. The minimum atomic E-state index is -0.109. The lowest BCUT2D eigenvalue weighted by Crippen LogP contribution is -2.08. The normalized spacial score (nSPS) is 10.2. The van der Waals surface area contributed by atoms with Gasteiger partial charge in [-0.3, -0.25) is 4.79 Å². The Kier molecular flexibility index (Phi) is 4.70. The molecule has 0 unspecified atom stereocenters. The summed E-state index contributed by atoms with van der Waals surface area (Å²) in [5.41, 5.74) is 3.32. The van der Waals surface area contributed by atoms with Crippen LogP contribution in [-0.2, 0) is 11.3 Å². The number of halogens is 1. The van der Waals surface area contributed by atoms with Crippen molar-refractivity contribution in [3.8, 4) is 5.75 Å². The van der Waals surface area contributed by atoms with E-state index in [1.165, 1.54) is 6.92 Å². The van der Waals surface area contributed by atoms with Gasteiger partial charge in [0.05, 0.1) is 0 Å². The molecule has 0 heterocycles. The molecule has 0 saturated heterocycles. The van der Waals surface area contributed by atoms with Gasteiger partial charge in [0.25, 0.3) is 0 Å². The van der Waals surface area contributed by atoms with Crippen LogP contribution >= 0.6 is 11.6 Å². The lowest BCUT2D eigenvalue weighted by molar-refractivity contribution is -0.114. The Labute approximate surface area is 128 Å². The van der Waals surface area contributed by atoms with Crippen molar-refractivity contribution in [1.82, 2.24) is 0 Å². The van der Waals surface area contributed by atoms with Crippen molar-refractivity contribution in [2.75, 3.05) is 10.6 Å². The molecule has 2 aromatic rings. The maximum Gasteiger partial charge on any atom is 0.221 e. The Morgan fingerprint density at radius 2 is 2.00 bits per heavy atom. The van der Waals surface area contributed by atoms with Gasteiger partial charge in [-0.1, -0.05) is 17.7 Å². The van der Waals surface area contributed by atoms with Crippen molar-refractivity contribution >= 4 is 28.9 Å². The number of phenolic OH excluding ortho intramolecular Hbond substituents is 1. The fraction of sp³-hybridized carbons (Fsp3) is 0.188. The molecule has 1 amide bonds. The molecule has 4 nitrogen and oxygen atoms in total. The number of rotatable bonds is 4. The number of hydrogen-bond donors (Lipinski definition) is 3. The summed E-state index contributed by atoms with van der Waals surface area (Å²) in [7, 11) is 0. The van der Waals surface area contributed by atoms with Gasteiger partial charge in [0.2, 0.25) is 5.91 Å². The van der Waals surface area contributed by atoms with E-state index in [-0.39, 0.29) is 11.7 Å². The molecular formula is C16H17ClN2O2. The Balaban J connectivity index is 2.13. The molecule has 110 valence electrons. The summed E-state index contributed by atoms with van der Waals surface area (Å²) in [6.45, 7) is 3.84. The summed E-state index contributed by atoms with van der Waals surface area (Å²) in [5.74, 6) is 0.0869. The molecule has 0 atom stereocenters. The zero-order chi connectivity index (χ0) is 15.4. The second-order valence-electron chi connectivity index (χ2n) is 4.84. The third-order valence-electron chi connectivity index (χ3n) is 3.07. The van der Waals surface area contributed by atoms with E-state index in [0.29, 0.717) is 17.1 Å². The van der Waals surface area contributed by atoms with Crippen LogP contribution in [0.1, 0.15) is 18.1 Å². The number of aromatic hydroxyl groups is 1. The first kappa shape index (κ1) is 15.2. The van der Waals surface area contributed by atoms with Crippen molar-refractivity contribution in [2.24, 2.45) is 0 Å². The number of phenols is 1. The van der Waals surface area contributed by atoms with Crippen LogP contribution in [0.2, 0.25) is 5.02 Å². The standard InChI is InChI=1S/C16H17ClN2O2/c1-10-3-5-14(8-15(10)19-11(2)20)18-9-12-7-13(17)4-6-16(12)21/h3-8,18,21H,9H2,1-2H3,(H,19,20). The van der Waals surface area contributed by atoms with Gasteiger partial charge in [0.15, 0.2) is 0 Å². The molecule has 2 aromatic carbocycles. The molecule has 3 N–H and O–H groups in total. The quantitative estimate of drug-likeness (QED) is 0.802. The van der Waals surface area contributed by atoms with Crippen LogP contribution in [0.3, 0.4) is 0 Å². The average molecular weight is 305 g/mol. The molecule has 0 saturated carbocycles. The number of carbonyl (C=O) groups is 1. The first-order chi connectivity index (χ1) is 9.95. The van der Waals surface area contributed by atoms with Gasteiger partial charge in [-0.05, 0) is 42.8 Å². The number of benzene rings is 2. The lowest BCUT2D eigenvalue weighted by Gasteiger charge is -2.12. The molecular weight excluding hydrogens is 288 g/mol. The Bertz CT molecular complexity index is 671. The molecule has 21 heavy (non-hydrogen) atoms. The fourth-order valence-corrected chi connectivity index (χ4v) is 2.14. The second-order valence-corrected chi connectivity index (χ2v) is 5.27. The van der Waals surface area contributed by atoms with Crippen molar-refractivity contribution in [2.45, 2.75) is 20.4 Å². The average Bonchev–Trinajstić information content (AvgIpc) is 2.42. The number of amides is 1. The van der Waals surface area contributed by atoms with E-state index in [0.717, 1.165) is 16.9 Å². The number of hydrogen-bond acceptors (Lipinski definition) is 3. The number of aryl methyl sites for hydroxylation is 1. The number of anilines is 2. The molecule has 0 radical (unpaired) electrons. The van der Waals surface area contributed by atoms with E-state index < -0.39 is 0 Å². The summed E-state index contributed by atoms with van der Waals surface area (Å²) in [5, 5.41) is 16.3. The monoisotopic (exact) mass is 304 g/mol. The predicted molar refractivity (Wildman–Crippen MR) is 85.9 cm³/mol. The zero-order valence-electron chi connectivity index (χ0n) is 11.9. The maximum absolute atomic E-state index is 11.2.